The van der Waals surface area contributed by atoms with Gasteiger partial charge in [0.1, 0.15) is 11.4 Å². The molecule has 0 spiro atoms. The van der Waals surface area contributed by atoms with Crippen LogP contribution in [0, 0.1) is 6.92 Å². The average Bonchev–Trinajstić information content (AvgIpc) is 3.35. The minimum absolute atomic E-state index is 0.0569. The lowest BCUT2D eigenvalue weighted by atomic mass is 10.0. The first-order valence-electron chi connectivity index (χ1n) is 11.7. The van der Waals surface area contributed by atoms with Crippen LogP contribution >= 0.6 is 0 Å². The maximum Gasteiger partial charge on any atom is 0.278 e. The summed E-state index contributed by atoms with van der Waals surface area (Å²) in [5, 5.41) is 0. The Morgan fingerprint density at radius 2 is 1.59 bits per heavy atom. The largest absolute Gasteiger partial charge is 0.491 e. The minimum Gasteiger partial charge on any atom is -0.491 e. The molecule has 0 aromatic heterocycles. The van der Waals surface area contributed by atoms with Crippen LogP contribution in [-0.4, -0.2) is 29.4 Å². The fourth-order valence-electron chi connectivity index (χ4n) is 4.64. The number of fused-ring (bicyclic) bond motifs is 1. The van der Waals surface area contributed by atoms with Crippen molar-refractivity contribution in [3.05, 3.63) is 101 Å². The summed E-state index contributed by atoms with van der Waals surface area (Å²) in [6.07, 6.45) is 0.898. The van der Waals surface area contributed by atoms with E-state index in [2.05, 4.69) is 6.07 Å². The third-order valence-corrected chi connectivity index (χ3v) is 6.28. The van der Waals surface area contributed by atoms with Crippen LogP contribution in [0.5, 0.6) is 5.75 Å². The second-order valence-electron chi connectivity index (χ2n) is 9.13. The van der Waals surface area contributed by atoms with Gasteiger partial charge in [-0.2, -0.15) is 0 Å². The average molecular weight is 453 g/mol. The third kappa shape index (κ3) is 3.98. The van der Waals surface area contributed by atoms with Crippen molar-refractivity contribution < 1.29 is 14.3 Å². The summed E-state index contributed by atoms with van der Waals surface area (Å²) in [7, 11) is 0. The van der Waals surface area contributed by atoms with Crippen molar-refractivity contribution in [1.29, 1.82) is 0 Å². The molecule has 34 heavy (non-hydrogen) atoms. The lowest BCUT2D eigenvalue weighted by Gasteiger charge is -2.22. The zero-order valence-electron chi connectivity index (χ0n) is 19.7. The van der Waals surface area contributed by atoms with Crippen molar-refractivity contribution in [1.82, 2.24) is 4.90 Å². The molecule has 3 aromatic carbocycles. The van der Waals surface area contributed by atoms with E-state index < -0.39 is 0 Å². The van der Waals surface area contributed by atoms with Gasteiger partial charge in [-0.15, -0.1) is 0 Å². The fourth-order valence-corrected chi connectivity index (χ4v) is 4.64. The number of rotatable bonds is 6. The normalized spacial score (nSPS) is 15.5. The van der Waals surface area contributed by atoms with Crippen LogP contribution in [0.15, 0.2) is 78.5 Å². The van der Waals surface area contributed by atoms with Crippen molar-refractivity contribution in [2.24, 2.45) is 0 Å². The lowest BCUT2D eigenvalue weighted by Crippen LogP contribution is -2.34. The maximum atomic E-state index is 13.8. The molecule has 0 atom stereocenters. The van der Waals surface area contributed by atoms with E-state index in [1.807, 2.05) is 92.4 Å². The van der Waals surface area contributed by atoms with Crippen LogP contribution < -0.4 is 9.64 Å². The Morgan fingerprint density at radius 1 is 0.882 bits per heavy atom. The summed E-state index contributed by atoms with van der Waals surface area (Å²) in [5.41, 5.74) is 5.88. The number of amides is 2. The molecule has 0 saturated carbocycles. The molecule has 2 heterocycles. The van der Waals surface area contributed by atoms with Crippen LogP contribution in [0.2, 0.25) is 0 Å². The van der Waals surface area contributed by atoms with Crippen LogP contribution in [-0.2, 0) is 22.6 Å². The summed E-state index contributed by atoms with van der Waals surface area (Å²) < 4.78 is 5.77. The number of anilines is 1. The molecule has 2 amide bonds. The van der Waals surface area contributed by atoms with E-state index in [4.69, 9.17) is 4.74 Å². The van der Waals surface area contributed by atoms with Crippen molar-refractivity contribution in [3.8, 4) is 5.75 Å². The van der Waals surface area contributed by atoms with Gasteiger partial charge in [-0.1, -0.05) is 60.2 Å². The predicted molar refractivity (Wildman–Crippen MR) is 133 cm³/mol. The number of hydrogen-bond donors (Lipinski definition) is 0. The van der Waals surface area contributed by atoms with Gasteiger partial charge in [-0.3, -0.25) is 14.5 Å². The lowest BCUT2D eigenvalue weighted by molar-refractivity contribution is -0.137. The quantitative estimate of drug-likeness (QED) is 0.487. The number of imide groups is 1. The first-order chi connectivity index (χ1) is 16.4. The number of benzene rings is 3. The maximum absolute atomic E-state index is 13.8. The number of ether oxygens (including phenoxy) is 1. The van der Waals surface area contributed by atoms with Gasteiger partial charge in [0, 0.05) is 12.2 Å². The van der Waals surface area contributed by atoms with Crippen molar-refractivity contribution in [3.63, 3.8) is 0 Å². The van der Waals surface area contributed by atoms with Gasteiger partial charge in [0.2, 0.25) is 0 Å². The number of para-hydroxylation sites is 1. The van der Waals surface area contributed by atoms with Crippen LogP contribution in [0.25, 0.3) is 5.57 Å². The van der Waals surface area contributed by atoms with Crippen LogP contribution in [0.1, 0.15) is 36.1 Å². The Labute approximate surface area is 200 Å². The van der Waals surface area contributed by atoms with E-state index >= 15 is 0 Å². The SMILES string of the molecule is Cc1ccc(CN2C(=O)C(c3ccc(OC(C)C)cc3)=C(N3CCc4ccccc43)C2=O)cc1. The molecule has 2 aliphatic rings. The molecular weight excluding hydrogens is 424 g/mol. The second-order valence-corrected chi connectivity index (χ2v) is 9.13. The number of carbonyl (C=O) groups is 2. The Balaban J connectivity index is 1.56. The van der Waals surface area contributed by atoms with Crippen molar-refractivity contribution in [2.45, 2.75) is 39.8 Å². The highest BCUT2D eigenvalue weighted by Crippen LogP contribution is 2.39. The van der Waals surface area contributed by atoms with Crippen LogP contribution in [0.4, 0.5) is 5.69 Å². The molecule has 0 radical (unpaired) electrons. The zero-order valence-corrected chi connectivity index (χ0v) is 19.7. The third-order valence-electron chi connectivity index (χ3n) is 6.28. The molecule has 3 aromatic rings. The molecule has 5 heteroatoms. The number of hydrogen-bond acceptors (Lipinski definition) is 4. The van der Waals surface area contributed by atoms with E-state index in [0.29, 0.717) is 17.8 Å². The number of nitrogens with zero attached hydrogens (tertiary/aromatic N) is 2. The Kier molecular flexibility index (Phi) is 5.70. The zero-order chi connectivity index (χ0) is 23.8. The predicted octanol–water partition coefficient (Wildman–Crippen LogP) is 5.13. The number of carbonyl (C=O) groups excluding carboxylic acids is 2. The van der Waals surface area contributed by atoms with Crippen LogP contribution in [0.3, 0.4) is 0 Å². The molecule has 172 valence electrons. The Morgan fingerprint density at radius 3 is 2.29 bits per heavy atom. The fraction of sp³-hybridized carbons (Fsp3) is 0.241. The highest BCUT2D eigenvalue weighted by Gasteiger charge is 2.43. The summed E-state index contributed by atoms with van der Waals surface area (Å²) in [6.45, 7) is 6.88. The monoisotopic (exact) mass is 452 g/mol. The second kappa shape index (κ2) is 8.82. The van der Waals surface area contributed by atoms with E-state index in [0.717, 1.165) is 34.5 Å². The topological polar surface area (TPSA) is 49.9 Å². The highest BCUT2D eigenvalue weighted by atomic mass is 16.5. The van der Waals surface area contributed by atoms with Crippen molar-refractivity contribution >= 4 is 23.1 Å². The van der Waals surface area contributed by atoms with Gasteiger partial charge in [0.25, 0.3) is 11.8 Å². The molecule has 0 bridgehead atoms. The highest BCUT2D eigenvalue weighted by molar-refractivity contribution is 6.36. The first-order valence-corrected chi connectivity index (χ1v) is 11.7. The summed E-state index contributed by atoms with van der Waals surface area (Å²) >= 11 is 0. The molecule has 5 nitrogen and oxygen atoms in total. The summed E-state index contributed by atoms with van der Waals surface area (Å²) in [4.78, 5) is 30.9. The van der Waals surface area contributed by atoms with E-state index in [9.17, 15) is 9.59 Å². The molecule has 0 N–H and O–H groups in total. The summed E-state index contributed by atoms with van der Waals surface area (Å²) in [5.74, 6) is 0.225. The summed E-state index contributed by atoms with van der Waals surface area (Å²) in [6, 6.07) is 23.5. The standard InChI is InChI=1S/C29H28N2O3/c1-19(2)34-24-14-12-23(13-15-24)26-27(30-17-16-22-6-4-5-7-25(22)30)29(33)31(28(26)32)18-21-10-8-20(3)9-11-21/h4-15,19H,16-18H2,1-3H3. The molecule has 0 unspecified atom stereocenters. The van der Waals surface area contributed by atoms with E-state index in [1.165, 1.54) is 10.5 Å². The van der Waals surface area contributed by atoms with Gasteiger partial charge in [0.05, 0.1) is 18.2 Å². The molecule has 0 fully saturated rings. The van der Waals surface area contributed by atoms with Gasteiger partial charge in [-0.25, -0.2) is 0 Å². The van der Waals surface area contributed by atoms with Gasteiger partial charge in [-0.05, 0) is 62.1 Å². The van der Waals surface area contributed by atoms with Gasteiger partial charge >= 0.3 is 0 Å². The number of aryl methyl sites for hydroxylation is 1. The van der Waals surface area contributed by atoms with E-state index in [-0.39, 0.29) is 24.5 Å². The Hall–Kier alpha value is -3.86. The molecular formula is C29H28N2O3. The first kappa shape index (κ1) is 22.0. The van der Waals surface area contributed by atoms with E-state index in [1.54, 1.807) is 0 Å². The molecule has 0 saturated heterocycles. The minimum atomic E-state index is -0.262. The molecule has 2 aliphatic heterocycles. The molecule has 5 rings (SSSR count). The van der Waals surface area contributed by atoms with Crippen molar-refractivity contribution in [2.75, 3.05) is 11.4 Å². The van der Waals surface area contributed by atoms with Gasteiger partial charge < -0.3 is 9.64 Å². The Bertz CT molecular complexity index is 1270. The smallest absolute Gasteiger partial charge is 0.278 e. The molecule has 0 aliphatic carbocycles. The van der Waals surface area contributed by atoms with Gasteiger partial charge in [0.15, 0.2) is 0 Å².